The zero-order chi connectivity index (χ0) is 22.2. The van der Waals surface area contributed by atoms with Crippen LogP contribution in [0.5, 0.6) is 5.75 Å². The first-order valence-corrected chi connectivity index (χ1v) is 9.94. The molecule has 2 N–H and O–H groups in total. The predicted octanol–water partition coefficient (Wildman–Crippen LogP) is 4.37. The van der Waals surface area contributed by atoms with Gasteiger partial charge in [0.25, 0.3) is 5.91 Å². The number of nitrogens with zero attached hydrogens (tertiary/aromatic N) is 1. The molecule has 2 aromatic carbocycles. The van der Waals surface area contributed by atoms with Crippen LogP contribution in [-0.4, -0.2) is 36.4 Å². The van der Waals surface area contributed by atoms with Crippen molar-refractivity contribution in [3.63, 3.8) is 0 Å². The van der Waals surface area contributed by atoms with Crippen LogP contribution < -0.4 is 15.4 Å². The van der Waals surface area contributed by atoms with Gasteiger partial charge in [-0.05, 0) is 43.2 Å². The van der Waals surface area contributed by atoms with Crippen molar-refractivity contribution in [2.45, 2.75) is 19.4 Å². The number of hydrogen-bond donors (Lipinski definition) is 2. The van der Waals surface area contributed by atoms with E-state index in [1.807, 2.05) is 0 Å². The van der Waals surface area contributed by atoms with E-state index in [0.29, 0.717) is 27.0 Å². The van der Waals surface area contributed by atoms with Gasteiger partial charge >= 0.3 is 6.03 Å². The molecule has 1 fully saturated rings. The maximum Gasteiger partial charge on any atom is 0.325 e. The Morgan fingerprint density at radius 1 is 1.13 bits per heavy atom. The zero-order valence-electron chi connectivity index (χ0n) is 16.3. The zero-order valence-corrected chi connectivity index (χ0v) is 18.6. The van der Waals surface area contributed by atoms with Crippen molar-refractivity contribution < 1.29 is 19.1 Å². The molecule has 0 aliphatic carbocycles. The number of nitrogens with one attached hydrogen (secondary N) is 2. The number of ether oxygens (including phenoxy) is 1. The summed E-state index contributed by atoms with van der Waals surface area (Å²) in [5, 5.41) is 6.32. The Balaban J connectivity index is 1.80. The van der Waals surface area contributed by atoms with Gasteiger partial charge in [0.2, 0.25) is 5.91 Å². The highest BCUT2D eigenvalue weighted by Crippen LogP contribution is 2.34. The predicted molar refractivity (Wildman–Crippen MR) is 115 cm³/mol. The monoisotopic (exact) mass is 469 g/mol. The molecule has 1 unspecified atom stereocenters. The first-order chi connectivity index (χ1) is 14.1. The van der Waals surface area contributed by atoms with Crippen molar-refractivity contribution in [3.8, 4) is 5.75 Å². The van der Waals surface area contributed by atoms with Gasteiger partial charge in [-0.15, -0.1) is 0 Å². The lowest BCUT2D eigenvalue weighted by Crippen LogP contribution is -2.42. The van der Waals surface area contributed by atoms with E-state index in [1.165, 1.54) is 26.2 Å². The molecule has 1 heterocycles. The standard InChI is InChI=1S/C20H18Cl3N3O4/c1-10-6-15(16(30-3)8-13(10)22)24-17(27)9-26-18(28)20(2,25-19(26)29)11-4-5-12(21)14(23)7-11/h4-8H,9H2,1-3H3,(H,24,27)(H,25,29). The SMILES string of the molecule is COc1cc(Cl)c(C)cc1NC(=O)CN1C(=O)NC(C)(c2ccc(Cl)c(Cl)c2)C1=O. The minimum atomic E-state index is -1.37. The normalized spacial score (nSPS) is 18.4. The minimum Gasteiger partial charge on any atom is -0.495 e. The van der Waals surface area contributed by atoms with E-state index in [1.54, 1.807) is 25.1 Å². The van der Waals surface area contributed by atoms with Crippen molar-refractivity contribution in [2.75, 3.05) is 19.0 Å². The highest BCUT2D eigenvalue weighted by atomic mass is 35.5. The Morgan fingerprint density at radius 3 is 2.47 bits per heavy atom. The largest absolute Gasteiger partial charge is 0.495 e. The third-order valence-electron chi connectivity index (χ3n) is 4.83. The van der Waals surface area contributed by atoms with E-state index in [4.69, 9.17) is 39.5 Å². The molecule has 30 heavy (non-hydrogen) atoms. The first-order valence-electron chi connectivity index (χ1n) is 8.80. The van der Waals surface area contributed by atoms with Crippen molar-refractivity contribution in [1.82, 2.24) is 10.2 Å². The molecule has 4 amide bonds. The van der Waals surface area contributed by atoms with E-state index in [2.05, 4.69) is 10.6 Å². The number of hydrogen-bond acceptors (Lipinski definition) is 4. The highest BCUT2D eigenvalue weighted by molar-refractivity contribution is 6.42. The van der Waals surface area contributed by atoms with E-state index < -0.39 is 29.9 Å². The molecule has 0 bridgehead atoms. The van der Waals surface area contributed by atoms with Crippen LogP contribution in [0, 0.1) is 6.92 Å². The summed E-state index contributed by atoms with van der Waals surface area (Å²) in [7, 11) is 1.44. The first kappa shape index (κ1) is 22.2. The van der Waals surface area contributed by atoms with Gasteiger partial charge in [0, 0.05) is 11.1 Å². The third kappa shape index (κ3) is 4.05. The molecule has 0 spiro atoms. The Morgan fingerprint density at radius 2 is 1.83 bits per heavy atom. The van der Waals surface area contributed by atoms with Crippen molar-refractivity contribution in [3.05, 3.63) is 56.5 Å². The molecule has 2 aromatic rings. The Labute approximate surface area is 188 Å². The number of imide groups is 1. The maximum atomic E-state index is 13.0. The molecule has 158 valence electrons. The lowest BCUT2D eigenvalue weighted by atomic mass is 9.92. The number of rotatable bonds is 5. The van der Waals surface area contributed by atoms with E-state index in [-0.39, 0.29) is 5.02 Å². The summed E-state index contributed by atoms with van der Waals surface area (Å²) in [6, 6.07) is 7.16. The average Bonchev–Trinajstić information content (AvgIpc) is 2.90. The van der Waals surface area contributed by atoms with Gasteiger partial charge in [0.05, 0.1) is 22.8 Å². The van der Waals surface area contributed by atoms with Crippen LogP contribution in [0.4, 0.5) is 10.5 Å². The number of carbonyl (C=O) groups is 3. The lowest BCUT2D eigenvalue weighted by Gasteiger charge is -2.22. The summed E-state index contributed by atoms with van der Waals surface area (Å²) in [4.78, 5) is 38.8. The summed E-state index contributed by atoms with van der Waals surface area (Å²) >= 11 is 18.0. The van der Waals surface area contributed by atoms with E-state index in [0.717, 1.165) is 10.5 Å². The number of amides is 4. The van der Waals surface area contributed by atoms with E-state index >= 15 is 0 Å². The van der Waals surface area contributed by atoms with E-state index in [9.17, 15) is 14.4 Å². The molecule has 0 aromatic heterocycles. The van der Waals surface area contributed by atoms with Gasteiger partial charge in [-0.25, -0.2) is 4.79 Å². The van der Waals surface area contributed by atoms with Crippen LogP contribution in [0.25, 0.3) is 0 Å². The molecule has 1 atom stereocenters. The molecule has 7 nitrogen and oxygen atoms in total. The van der Waals surface area contributed by atoms with Gasteiger partial charge in [-0.1, -0.05) is 40.9 Å². The number of methoxy groups -OCH3 is 1. The van der Waals surface area contributed by atoms with Crippen LogP contribution in [-0.2, 0) is 15.1 Å². The number of aryl methyl sites for hydroxylation is 1. The molecular weight excluding hydrogens is 453 g/mol. The number of urea groups is 1. The number of benzene rings is 2. The molecule has 1 aliphatic rings. The van der Waals surface area contributed by atoms with Crippen LogP contribution in [0.2, 0.25) is 15.1 Å². The molecule has 3 rings (SSSR count). The summed E-state index contributed by atoms with van der Waals surface area (Å²) < 4.78 is 5.22. The highest BCUT2D eigenvalue weighted by Gasteiger charge is 2.49. The molecule has 10 heteroatoms. The fraction of sp³-hybridized carbons (Fsp3) is 0.250. The smallest absolute Gasteiger partial charge is 0.325 e. The molecule has 0 radical (unpaired) electrons. The lowest BCUT2D eigenvalue weighted by molar-refractivity contribution is -0.133. The summed E-state index contributed by atoms with van der Waals surface area (Å²) in [5.74, 6) is -0.797. The quantitative estimate of drug-likeness (QED) is 0.635. The van der Waals surface area contributed by atoms with Crippen molar-refractivity contribution in [2.24, 2.45) is 0 Å². The van der Waals surface area contributed by atoms with Crippen LogP contribution in [0.15, 0.2) is 30.3 Å². The number of carbonyl (C=O) groups excluding carboxylic acids is 3. The van der Waals surface area contributed by atoms with Crippen LogP contribution in [0.1, 0.15) is 18.1 Å². The molecule has 1 saturated heterocycles. The van der Waals surface area contributed by atoms with Gasteiger partial charge in [0.1, 0.15) is 17.8 Å². The fourth-order valence-corrected chi connectivity index (χ4v) is 3.56. The number of halogens is 3. The molecule has 1 aliphatic heterocycles. The summed E-state index contributed by atoms with van der Waals surface area (Å²) in [6.07, 6.45) is 0. The maximum absolute atomic E-state index is 13.0. The molecule has 0 saturated carbocycles. The average molecular weight is 471 g/mol. The van der Waals surface area contributed by atoms with Gasteiger partial charge in [-0.3, -0.25) is 14.5 Å². The van der Waals surface area contributed by atoms with Crippen LogP contribution in [0.3, 0.4) is 0 Å². The second kappa shape index (κ2) is 8.34. The van der Waals surface area contributed by atoms with Gasteiger partial charge < -0.3 is 15.4 Å². The van der Waals surface area contributed by atoms with Crippen LogP contribution >= 0.6 is 34.8 Å². The topological polar surface area (TPSA) is 87.7 Å². The van der Waals surface area contributed by atoms with Gasteiger partial charge in [-0.2, -0.15) is 0 Å². The minimum absolute atomic E-state index is 0.249. The Kier molecular flexibility index (Phi) is 6.17. The second-order valence-corrected chi connectivity index (χ2v) is 8.15. The Bertz CT molecular complexity index is 1060. The second-order valence-electron chi connectivity index (χ2n) is 6.93. The fourth-order valence-electron chi connectivity index (χ4n) is 3.11. The van der Waals surface area contributed by atoms with Crippen molar-refractivity contribution in [1.29, 1.82) is 0 Å². The van der Waals surface area contributed by atoms with Gasteiger partial charge in [0.15, 0.2) is 0 Å². The summed E-state index contributed by atoms with van der Waals surface area (Å²) in [5.41, 5.74) is 0.187. The third-order valence-corrected chi connectivity index (χ3v) is 5.97. The van der Waals surface area contributed by atoms with Crippen molar-refractivity contribution >= 4 is 58.3 Å². The number of anilines is 1. The molecular formula is C20H18Cl3N3O4. The Hall–Kier alpha value is -2.48. The summed E-state index contributed by atoms with van der Waals surface area (Å²) in [6.45, 7) is 2.83.